The van der Waals surface area contributed by atoms with Gasteiger partial charge in [-0.2, -0.15) is 0 Å². The van der Waals surface area contributed by atoms with E-state index >= 15 is 0 Å². The highest BCUT2D eigenvalue weighted by molar-refractivity contribution is 5.78. The average molecular weight is 347 g/mol. The lowest BCUT2D eigenvalue weighted by Gasteiger charge is -2.26. The van der Waals surface area contributed by atoms with Crippen LogP contribution in [0.4, 0.5) is 0 Å². The maximum Gasteiger partial charge on any atom is 0.135 e. The topological polar surface area (TPSA) is 9.23 Å². The summed E-state index contributed by atoms with van der Waals surface area (Å²) in [6, 6.07) is 19.4. The van der Waals surface area contributed by atoms with E-state index in [1.54, 1.807) is 0 Å². The van der Waals surface area contributed by atoms with Crippen molar-refractivity contribution in [2.75, 3.05) is 0 Å². The largest absolute Gasteiger partial charge is 0.487 e. The van der Waals surface area contributed by atoms with Crippen LogP contribution in [-0.2, 0) is 10.3 Å². The fraction of sp³-hybridized carbons (Fsp3) is 0.360. The standard InChI is InChI=1S/C25H30O/c1-5-6-16-24-23(22-15-11-10-12-20(22)17-19(2)3)18-25(4,26-24)21-13-8-7-9-14-21/h7-15,17H,5-6,16,18H2,1-4H3. The second kappa shape index (κ2) is 7.95. The molecule has 136 valence electrons. The van der Waals surface area contributed by atoms with Crippen molar-refractivity contribution in [3.05, 3.63) is 82.6 Å². The maximum absolute atomic E-state index is 6.62. The molecule has 1 nitrogen and oxygen atoms in total. The average Bonchev–Trinajstić information content (AvgIpc) is 2.98. The first-order valence-corrected chi connectivity index (χ1v) is 9.74. The fourth-order valence-corrected chi connectivity index (χ4v) is 3.75. The summed E-state index contributed by atoms with van der Waals surface area (Å²) < 4.78 is 6.62. The lowest BCUT2D eigenvalue weighted by atomic mass is 9.86. The van der Waals surface area contributed by atoms with Crippen molar-refractivity contribution in [1.29, 1.82) is 0 Å². The Morgan fingerprint density at radius 3 is 2.42 bits per heavy atom. The van der Waals surface area contributed by atoms with Crippen LogP contribution in [0, 0.1) is 0 Å². The van der Waals surface area contributed by atoms with Crippen LogP contribution in [0.15, 0.2) is 65.9 Å². The van der Waals surface area contributed by atoms with E-state index in [0.29, 0.717) is 0 Å². The lowest BCUT2D eigenvalue weighted by molar-refractivity contribution is 0.0356. The van der Waals surface area contributed by atoms with E-state index in [-0.39, 0.29) is 5.60 Å². The molecule has 0 saturated heterocycles. The first-order valence-electron chi connectivity index (χ1n) is 9.74. The summed E-state index contributed by atoms with van der Waals surface area (Å²) in [6.45, 7) is 8.78. The van der Waals surface area contributed by atoms with Gasteiger partial charge in [0.25, 0.3) is 0 Å². The van der Waals surface area contributed by atoms with E-state index in [1.807, 2.05) is 0 Å². The summed E-state index contributed by atoms with van der Waals surface area (Å²) in [5, 5.41) is 0. The number of allylic oxidation sites excluding steroid dienone is 2. The predicted octanol–water partition coefficient (Wildman–Crippen LogP) is 7.35. The van der Waals surface area contributed by atoms with Crippen molar-refractivity contribution in [1.82, 2.24) is 0 Å². The van der Waals surface area contributed by atoms with Crippen molar-refractivity contribution in [2.45, 2.75) is 59.0 Å². The molecule has 0 N–H and O–H groups in total. The Labute approximate surface area is 158 Å². The van der Waals surface area contributed by atoms with Gasteiger partial charge in [0, 0.05) is 18.4 Å². The summed E-state index contributed by atoms with van der Waals surface area (Å²) in [7, 11) is 0. The molecule has 1 aliphatic heterocycles. The number of rotatable bonds is 6. The first kappa shape index (κ1) is 18.5. The molecule has 0 amide bonds. The smallest absolute Gasteiger partial charge is 0.135 e. The normalized spacial score (nSPS) is 19.4. The minimum absolute atomic E-state index is 0.280. The van der Waals surface area contributed by atoms with Gasteiger partial charge in [0.15, 0.2) is 0 Å². The zero-order valence-electron chi connectivity index (χ0n) is 16.5. The minimum Gasteiger partial charge on any atom is -0.487 e. The van der Waals surface area contributed by atoms with E-state index in [0.717, 1.165) is 19.3 Å². The van der Waals surface area contributed by atoms with E-state index in [1.165, 1.54) is 40.0 Å². The quantitative estimate of drug-likeness (QED) is 0.531. The third kappa shape index (κ3) is 3.93. The summed E-state index contributed by atoms with van der Waals surface area (Å²) in [6.07, 6.45) is 6.55. The lowest BCUT2D eigenvalue weighted by Crippen LogP contribution is -2.21. The summed E-state index contributed by atoms with van der Waals surface area (Å²) in [5.41, 5.74) is 6.27. The van der Waals surface area contributed by atoms with Gasteiger partial charge >= 0.3 is 0 Å². The SMILES string of the molecule is CCCCC1=C(c2ccccc2C=C(C)C)CC(C)(c2ccccc2)O1. The highest BCUT2D eigenvalue weighted by Gasteiger charge is 2.38. The number of hydrogen-bond acceptors (Lipinski definition) is 1. The Morgan fingerprint density at radius 1 is 1.04 bits per heavy atom. The molecule has 0 bridgehead atoms. The first-order chi connectivity index (χ1) is 12.5. The van der Waals surface area contributed by atoms with Gasteiger partial charge in [-0.1, -0.05) is 79.6 Å². The molecule has 3 rings (SSSR count). The van der Waals surface area contributed by atoms with Gasteiger partial charge in [-0.15, -0.1) is 0 Å². The van der Waals surface area contributed by atoms with Crippen LogP contribution in [0.2, 0.25) is 0 Å². The maximum atomic E-state index is 6.62. The van der Waals surface area contributed by atoms with Crippen LogP contribution in [0.5, 0.6) is 0 Å². The summed E-state index contributed by atoms with van der Waals surface area (Å²) >= 11 is 0. The molecular formula is C25H30O. The van der Waals surface area contributed by atoms with Gasteiger partial charge in [0.2, 0.25) is 0 Å². The van der Waals surface area contributed by atoms with Crippen molar-refractivity contribution in [3.63, 3.8) is 0 Å². The molecule has 0 spiro atoms. The van der Waals surface area contributed by atoms with Gasteiger partial charge in [-0.3, -0.25) is 0 Å². The van der Waals surface area contributed by atoms with Crippen LogP contribution >= 0.6 is 0 Å². The van der Waals surface area contributed by atoms with E-state index in [2.05, 4.69) is 88.4 Å². The minimum atomic E-state index is -0.280. The number of ether oxygens (including phenoxy) is 1. The molecule has 0 saturated carbocycles. The van der Waals surface area contributed by atoms with E-state index < -0.39 is 0 Å². The van der Waals surface area contributed by atoms with Crippen molar-refractivity contribution in [3.8, 4) is 0 Å². The zero-order valence-corrected chi connectivity index (χ0v) is 16.5. The number of unbranched alkanes of at least 4 members (excludes halogenated alkanes) is 1. The molecule has 1 atom stereocenters. The Morgan fingerprint density at radius 2 is 1.73 bits per heavy atom. The number of hydrogen-bond donors (Lipinski definition) is 0. The number of benzene rings is 2. The van der Waals surface area contributed by atoms with Crippen molar-refractivity contribution in [2.24, 2.45) is 0 Å². The Bertz CT molecular complexity index is 809. The molecule has 1 aliphatic rings. The monoisotopic (exact) mass is 346 g/mol. The predicted molar refractivity (Wildman–Crippen MR) is 112 cm³/mol. The van der Waals surface area contributed by atoms with E-state index in [4.69, 9.17) is 4.74 Å². The second-order valence-corrected chi connectivity index (χ2v) is 7.69. The van der Waals surface area contributed by atoms with Crippen molar-refractivity contribution >= 4 is 11.6 Å². The molecule has 0 aromatic heterocycles. The Hall–Kier alpha value is -2.28. The van der Waals surface area contributed by atoms with Gasteiger partial charge in [-0.05, 0) is 43.9 Å². The molecule has 1 heterocycles. The molecule has 2 aromatic carbocycles. The van der Waals surface area contributed by atoms with Crippen LogP contribution in [0.25, 0.3) is 11.6 Å². The molecule has 1 unspecified atom stereocenters. The van der Waals surface area contributed by atoms with Gasteiger partial charge in [-0.25, -0.2) is 0 Å². The molecule has 0 aliphatic carbocycles. The van der Waals surface area contributed by atoms with Crippen LogP contribution in [0.1, 0.15) is 70.1 Å². The second-order valence-electron chi connectivity index (χ2n) is 7.69. The third-order valence-electron chi connectivity index (χ3n) is 5.07. The van der Waals surface area contributed by atoms with Crippen LogP contribution in [0.3, 0.4) is 0 Å². The van der Waals surface area contributed by atoms with E-state index in [9.17, 15) is 0 Å². The van der Waals surface area contributed by atoms with Crippen LogP contribution < -0.4 is 0 Å². The highest BCUT2D eigenvalue weighted by atomic mass is 16.5. The molecule has 0 radical (unpaired) electrons. The summed E-state index contributed by atoms with van der Waals surface area (Å²) in [5.74, 6) is 1.17. The zero-order chi connectivity index (χ0) is 18.6. The molecular weight excluding hydrogens is 316 g/mol. The Kier molecular flexibility index (Phi) is 5.66. The molecule has 2 aromatic rings. The molecule has 26 heavy (non-hydrogen) atoms. The summed E-state index contributed by atoms with van der Waals surface area (Å²) in [4.78, 5) is 0. The molecule has 0 fully saturated rings. The van der Waals surface area contributed by atoms with Gasteiger partial charge in [0.05, 0.1) is 0 Å². The van der Waals surface area contributed by atoms with Gasteiger partial charge in [0.1, 0.15) is 11.4 Å². The van der Waals surface area contributed by atoms with Crippen molar-refractivity contribution < 1.29 is 4.74 Å². The fourth-order valence-electron chi connectivity index (χ4n) is 3.75. The Balaban J connectivity index is 2.04. The van der Waals surface area contributed by atoms with Crippen LogP contribution in [-0.4, -0.2) is 0 Å². The molecule has 1 heteroatoms. The van der Waals surface area contributed by atoms with Gasteiger partial charge < -0.3 is 4.74 Å². The third-order valence-corrected chi connectivity index (χ3v) is 5.07. The highest BCUT2D eigenvalue weighted by Crippen LogP contribution is 2.47.